The van der Waals surface area contributed by atoms with Gasteiger partial charge in [-0.2, -0.15) is 0 Å². The number of rotatable bonds is 5. The number of amides is 1. The minimum atomic E-state index is -0.251. The average Bonchev–Trinajstić information content (AvgIpc) is 2.47. The standard InChI is InChI=1S/C16H19N3O2/c1-11-4-3-5-12(2)16(11)21-10-15(20)19-14-8-13(9-17)6-7-18-14/h3-8H,9-10,17H2,1-2H3,(H,18,19,20). The summed E-state index contributed by atoms with van der Waals surface area (Å²) < 4.78 is 5.59. The molecule has 5 nitrogen and oxygen atoms in total. The van der Waals surface area contributed by atoms with Crippen molar-refractivity contribution >= 4 is 11.7 Å². The van der Waals surface area contributed by atoms with E-state index in [-0.39, 0.29) is 12.5 Å². The van der Waals surface area contributed by atoms with Gasteiger partial charge in [-0.25, -0.2) is 4.98 Å². The lowest BCUT2D eigenvalue weighted by atomic mass is 10.1. The lowest BCUT2D eigenvalue weighted by Gasteiger charge is -2.11. The smallest absolute Gasteiger partial charge is 0.263 e. The Balaban J connectivity index is 1.96. The highest BCUT2D eigenvalue weighted by atomic mass is 16.5. The van der Waals surface area contributed by atoms with Gasteiger partial charge in [0.15, 0.2) is 6.61 Å². The molecule has 1 aromatic carbocycles. The number of nitrogens with zero attached hydrogens (tertiary/aromatic N) is 1. The van der Waals surface area contributed by atoms with Gasteiger partial charge in [0, 0.05) is 12.7 Å². The monoisotopic (exact) mass is 285 g/mol. The highest BCUT2D eigenvalue weighted by Gasteiger charge is 2.08. The second-order valence-electron chi connectivity index (χ2n) is 4.81. The minimum absolute atomic E-state index is 0.0553. The number of para-hydroxylation sites is 1. The van der Waals surface area contributed by atoms with Gasteiger partial charge in [-0.3, -0.25) is 4.79 Å². The van der Waals surface area contributed by atoms with Crippen molar-refractivity contribution in [2.45, 2.75) is 20.4 Å². The van der Waals surface area contributed by atoms with Gasteiger partial charge in [-0.1, -0.05) is 18.2 Å². The van der Waals surface area contributed by atoms with Crippen molar-refractivity contribution in [3.8, 4) is 5.75 Å². The van der Waals surface area contributed by atoms with Gasteiger partial charge >= 0.3 is 0 Å². The van der Waals surface area contributed by atoms with E-state index in [1.807, 2.05) is 38.1 Å². The van der Waals surface area contributed by atoms with Gasteiger partial charge in [0.05, 0.1) is 0 Å². The third kappa shape index (κ3) is 4.03. The molecule has 0 radical (unpaired) electrons. The van der Waals surface area contributed by atoms with Gasteiger partial charge in [0.2, 0.25) is 0 Å². The van der Waals surface area contributed by atoms with E-state index < -0.39 is 0 Å². The number of carbonyl (C=O) groups is 1. The molecule has 0 aliphatic heterocycles. The van der Waals surface area contributed by atoms with E-state index in [1.165, 1.54) is 0 Å². The Morgan fingerprint density at radius 1 is 1.29 bits per heavy atom. The molecule has 0 saturated heterocycles. The number of hydrogen-bond acceptors (Lipinski definition) is 4. The summed E-state index contributed by atoms with van der Waals surface area (Å²) in [5.41, 5.74) is 8.48. The zero-order valence-electron chi connectivity index (χ0n) is 12.2. The summed E-state index contributed by atoms with van der Waals surface area (Å²) in [6.45, 7) is 4.25. The zero-order valence-corrected chi connectivity index (χ0v) is 12.2. The Morgan fingerprint density at radius 2 is 2.00 bits per heavy atom. The molecule has 1 aromatic heterocycles. The lowest BCUT2D eigenvalue weighted by Crippen LogP contribution is -2.21. The van der Waals surface area contributed by atoms with Gasteiger partial charge < -0.3 is 15.8 Å². The fourth-order valence-electron chi connectivity index (χ4n) is 2.01. The summed E-state index contributed by atoms with van der Waals surface area (Å²) in [5, 5.41) is 2.70. The lowest BCUT2D eigenvalue weighted by molar-refractivity contribution is -0.118. The number of carbonyl (C=O) groups excluding carboxylic acids is 1. The molecule has 3 N–H and O–H groups in total. The molecule has 0 aliphatic carbocycles. The number of ether oxygens (including phenoxy) is 1. The Hall–Kier alpha value is -2.40. The summed E-state index contributed by atoms with van der Waals surface area (Å²) in [5.74, 6) is 0.976. The van der Waals surface area contributed by atoms with Crippen molar-refractivity contribution in [2.75, 3.05) is 11.9 Å². The van der Waals surface area contributed by atoms with Crippen LogP contribution in [0.3, 0.4) is 0 Å². The van der Waals surface area contributed by atoms with Crippen LogP contribution in [0.2, 0.25) is 0 Å². The van der Waals surface area contributed by atoms with Crippen LogP contribution < -0.4 is 15.8 Å². The number of benzene rings is 1. The average molecular weight is 285 g/mol. The fourth-order valence-corrected chi connectivity index (χ4v) is 2.01. The molecular formula is C16H19N3O2. The molecule has 0 unspecified atom stereocenters. The van der Waals surface area contributed by atoms with Crippen LogP contribution in [0.25, 0.3) is 0 Å². The maximum Gasteiger partial charge on any atom is 0.263 e. The first kappa shape index (κ1) is 15.0. The fraction of sp³-hybridized carbons (Fsp3) is 0.250. The number of nitrogens with two attached hydrogens (primary N) is 1. The first-order valence-corrected chi connectivity index (χ1v) is 6.74. The number of nitrogens with one attached hydrogen (secondary N) is 1. The number of aryl methyl sites for hydroxylation is 2. The number of anilines is 1. The van der Waals surface area contributed by atoms with Crippen LogP contribution in [0.15, 0.2) is 36.5 Å². The SMILES string of the molecule is Cc1cccc(C)c1OCC(=O)Nc1cc(CN)ccn1. The van der Waals surface area contributed by atoms with Crippen molar-refractivity contribution in [3.05, 3.63) is 53.2 Å². The zero-order chi connectivity index (χ0) is 15.2. The summed E-state index contributed by atoms with van der Waals surface area (Å²) >= 11 is 0. The van der Waals surface area contributed by atoms with Crippen LogP contribution in [0.1, 0.15) is 16.7 Å². The van der Waals surface area contributed by atoms with E-state index in [4.69, 9.17) is 10.5 Å². The van der Waals surface area contributed by atoms with E-state index >= 15 is 0 Å². The highest BCUT2D eigenvalue weighted by molar-refractivity contribution is 5.91. The molecule has 0 atom stereocenters. The van der Waals surface area contributed by atoms with Crippen molar-refractivity contribution in [1.82, 2.24) is 4.98 Å². The van der Waals surface area contributed by atoms with Crippen molar-refractivity contribution < 1.29 is 9.53 Å². The molecule has 110 valence electrons. The summed E-state index contributed by atoms with van der Waals surface area (Å²) in [6.07, 6.45) is 1.62. The Bertz CT molecular complexity index is 621. The van der Waals surface area contributed by atoms with E-state index in [0.717, 1.165) is 22.4 Å². The van der Waals surface area contributed by atoms with Gasteiger partial charge in [0.1, 0.15) is 11.6 Å². The second-order valence-corrected chi connectivity index (χ2v) is 4.81. The third-order valence-electron chi connectivity index (χ3n) is 3.08. The first-order valence-electron chi connectivity index (χ1n) is 6.74. The summed E-state index contributed by atoms with van der Waals surface area (Å²) in [7, 11) is 0. The van der Waals surface area contributed by atoms with E-state index in [2.05, 4.69) is 10.3 Å². The Kier molecular flexibility index (Phi) is 4.90. The Labute approximate surface area is 124 Å². The van der Waals surface area contributed by atoms with E-state index in [9.17, 15) is 4.79 Å². The normalized spacial score (nSPS) is 10.2. The van der Waals surface area contributed by atoms with Crippen LogP contribution in [0, 0.1) is 13.8 Å². The third-order valence-corrected chi connectivity index (χ3v) is 3.08. The molecule has 5 heteroatoms. The number of aromatic nitrogens is 1. The van der Waals surface area contributed by atoms with E-state index in [0.29, 0.717) is 12.4 Å². The van der Waals surface area contributed by atoms with Crippen LogP contribution in [-0.4, -0.2) is 17.5 Å². The largest absolute Gasteiger partial charge is 0.483 e. The Morgan fingerprint density at radius 3 is 2.67 bits per heavy atom. The van der Waals surface area contributed by atoms with Gasteiger partial charge in [-0.15, -0.1) is 0 Å². The first-order chi connectivity index (χ1) is 10.1. The molecule has 0 spiro atoms. The van der Waals surface area contributed by atoms with Crippen molar-refractivity contribution in [1.29, 1.82) is 0 Å². The maximum atomic E-state index is 11.9. The molecule has 21 heavy (non-hydrogen) atoms. The predicted molar refractivity (Wildman–Crippen MR) is 82.2 cm³/mol. The summed E-state index contributed by atoms with van der Waals surface area (Å²) in [4.78, 5) is 16.0. The maximum absolute atomic E-state index is 11.9. The number of pyridine rings is 1. The molecule has 0 fully saturated rings. The van der Waals surface area contributed by atoms with Gasteiger partial charge in [-0.05, 0) is 42.7 Å². The second kappa shape index (κ2) is 6.85. The molecule has 1 heterocycles. The summed E-state index contributed by atoms with van der Waals surface area (Å²) in [6, 6.07) is 9.42. The topological polar surface area (TPSA) is 77.2 Å². The minimum Gasteiger partial charge on any atom is -0.483 e. The molecule has 1 amide bonds. The van der Waals surface area contributed by atoms with Gasteiger partial charge in [0.25, 0.3) is 5.91 Å². The molecule has 0 saturated carbocycles. The molecular weight excluding hydrogens is 266 g/mol. The van der Waals surface area contributed by atoms with Crippen molar-refractivity contribution in [2.24, 2.45) is 5.73 Å². The number of hydrogen-bond donors (Lipinski definition) is 2. The predicted octanol–water partition coefficient (Wildman–Crippen LogP) is 2.17. The molecule has 2 rings (SSSR count). The van der Waals surface area contributed by atoms with Crippen LogP contribution in [0.4, 0.5) is 5.82 Å². The highest BCUT2D eigenvalue weighted by Crippen LogP contribution is 2.22. The van der Waals surface area contributed by atoms with Crippen molar-refractivity contribution in [3.63, 3.8) is 0 Å². The molecule has 0 aliphatic rings. The quantitative estimate of drug-likeness (QED) is 0.882. The molecule has 2 aromatic rings. The van der Waals surface area contributed by atoms with E-state index in [1.54, 1.807) is 12.3 Å². The van der Waals surface area contributed by atoms with Crippen LogP contribution in [0.5, 0.6) is 5.75 Å². The van der Waals surface area contributed by atoms with Crippen LogP contribution in [-0.2, 0) is 11.3 Å². The molecule has 0 bridgehead atoms. The van der Waals surface area contributed by atoms with Crippen LogP contribution >= 0.6 is 0 Å².